The third-order valence-electron chi connectivity index (χ3n) is 5.83. The summed E-state index contributed by atoms with van der Waals surface area (Å²) < 4.78 is 0. The van der Waals surface area contributed by atoms with Gasteiger partial charge in [0.2, 0.25) is 0 Å². The molecule has 0 amide bonds. The maximum atomic E-state index is 10.3. The van der Waals surface area contributed by atoms with Gasteiger partial charge < -0.3 is 20.4 Å². The van der Waals surface area contributed by atoms with Gasteiger partial charge in [-0.3, -0.25) is 0 Å². The molecule has 6 heteroatoms. The van der Waals surface area contributed by atoms with Gasteiger partial charge in [0, 0.05) is 25.1 Å². The summed E-state index contributed by atoms with van der Waals surface area (Å²) in [5.74, 6) is 2.98. The van der Waals surface area contributed by atoms with Crippen LogP contribution in [0.3, 0.4) is 0 Å². The van der Waals surface area contributed by atoms with Crippen LogP contribution in [0.4, 0.5) is 11.6 Å². The van der Waals surface area contributed by atoms with Gasteiger partial charge in [0.1, 0.15) is 17.5 Å². The van der Waals surface area contributed by atoms with Crippen molar-refractivity contribution in [1.29, 1.82) is 0 Å². The summed E-state index contributed by atoms with van der Waals surface area (Å²) in [6.45, 7) is 13.7. The molecule has 164 valence electrons. The Morgan fingerprint density at radius 1 is 1.10 bits per heavy atom. The van der Waals surface area contributed by atoms with Crippen molar-refractivity contribution in [3.63, 3.8) is 0 Å². The van der Waals surface area contributed by atoms with Crippen LogP contribution < -0.4 is 10.2 Å². The summed E-state index contributed by atoms with van der Waals surface area (Å²) in [7, 11) is 0. The van der Waals surface area contributed by atoms with Gasteiger partial charge in [-0.1, -0.05) is 45.9 Å². The summed E-state index contributed by atoms with van der Waals surface area (Å²) >= 11 is 0. The highest BCUT2D eigenvalue weighted by Gasteiger charge is 2.23. The maximum absolute atomic E-state index is 10.3. The van der Waals surface area contributed by atoms with E-state index in [0.29, 0.717) is 5.92 Å². The molecule has 0 saturated heterocycles. The van der Waals surface area contributed by atoms with Gasteiger partial charge in [-0.25, -0.2) is 9.97 Å². The fraction of sp³-hybridized carbons (Fsp3) is 0.583. The van der Waals surface area contributed by atoms with Crippen molar-refractivity contribution in [2.45, 2.75) is 72.1 Å². The number of anilines is 2. The molecule has 0 fully saturated rings. The van der Waals surface area contributed by atoms with Crippen molar-refractivity contribution in [3.05, 3.63) is 46.8 Å². The number of nitrogens with one attached hydrogen (secondary N) is 1. The first-order valence-electron chi connectivity index (χ1n) is 10.9. The number of fused-ring (bicyclic) bond motifs is 1. The van der Waals surface area contributed by atoms with Crippen LogP contribution >= 0.6 is 0 Å². The summed E-state index contributed by atoms with van der Waals surface area (Å²) in [5, 5.41) is 23.4. The number of benzene rings is 1. The fourth-order valence-electron chi connectivity index (χ4n) is 3.69. The largest absolute Gasteiger partial charge is 0.394 e. The second-order valence-electron chi connectivity index (χ2n) is 9.52. The molecule has 1 atom stereocenters. The molecule has 0 bridgehead atoms. The highest BCUT2D eigenvalue weighted by Crippen LogP contribution is 2.29. The minimum absolute atomic E-state index is 0.0462. The summed E-state index contributed by atoms with van der Waals surface area (Å²) in [5.41, 5.74) is 2.69. The van der Waals surface area contributed by atoms with E-state index in [2.05, 4.69) is 50.0 Å². The molecule has 6 nitrogen and oxygen atoms in total. The molecule has 0 radical (unpaired) electrons. The number of nitrogens with zero attached hydrogens (tertiary/aromatic N) is 3. The third kappa shape index (κ3) is 5.10. The molecule has 1 aliphatic heterocycles. The van der Waals surface area contributed by atoms with E-state index in [9.17, 15) is 10.2 Å². The Morgan fingerprint density at radius 3 is 2.43 bits per heavy atom. The van der Waals surface area contributed by atoms with Crippen molar-refractivity contribution in [3.8, 4) is 0 Å². The van der Waals surface area contributed by atoms with Crippen LogP contribution in [0.2, 0.25) is 0 Å². The van der Waals surface area contributed by atoms with Crippen LogP contribution in [0, 0.1) is 5.92 Å². The molecule has 1 aliphatic rings. The van der Waals surface area contributed by atoms with Crippen LogP contribution in [-0.4, -0.2) is 39.4 Å². The Labute approximate surface area is 180 Å². The van der Waals surface area contributed by atoms with E-state index in [4.69, 9.17) is 9.97 Å². The number of aromatic nitrogens is 2. The van der Waals surface area contributed by atoms with Crippen molar-refractivity contribution in [2.24, 2.45) is 5.92 Å². The van der Waals surface area contributed by atoms with E-state index in [1.54, 1.807) is 0 Å². The van der Waals surface area contributed by atoms with E-state index < -0.39 is 5.60 Å². The molecule has 3 rings (SSSR count). The molecule has 1 aromatic carbocycles. The van der Waals surface area contributed by atoms with E-state index in [0.717, 1.165) is 42.5 Å². The molecule has 1 aromatic heterocycles. The van der Waals surface area contributed by atoms with E-state index in [1.165, 1.54) is 11.1 Å². The van der Waals surface area contributed by atoms with Crippen molar-refractivity contribution >= 4 is 11.6 Å². The maximum Gasteiger partial charge on any atom is 0.135 e. The zero-order chi connectivity index (χ0) is 22.1. The molecule has 2 aromatic rings. The molecule has 0 unspecified atom stereocenters. The Bertz CT molecular complexity index is 874. The van der Waals surface area contributed by atoms with Gasteiger partial charge in [0.25, 0.3) is 0 Å². The zero-order valence-electron chi connectivity index (χ0n) is 19.1. The third-order valence-corrected chi connectivity index (χ3v) is 5.83. The Morgan fingerprint density at radius 2 is 1.83 bits per heavy atom. The lowest BCUT2D eigenvalue weighted by Gasteiger charge is -2.32. The number of hydrogen-bond donors (Lipinski definition) is 3. The van der Waals surface area contributed by atoms with Crippen LogP contribution in [0.5, 0.6) is 0 Å². The first-order valence-corrected chi connectivity index (χ1v) is 10.9. The van der Waals surface area contributed by atoms with Crippen molar-refractivity contribution < 1.29 is 10.2 Å². The lowest BCUT2D eigenvalue weighted by Crippen LogP contribution is -2.33. The normalized spacial score (nSPS) is 15.5. The fourth-order valence-corrected chi connectivity index (χ4v) is 3.69. The summed E-state index contributed by atoms with van der Waals surface area (Å²) in [6.07, 6.45) is 0.911. The van der Waals surface area contributed by atoms with Crippen molar-refractivity contribution in [2.75, 3.05) is 23.4 Å². The quantitative estimate of drug-likeness (QED) is 0.641. The molecule has 0 saturated carbocycles. The molecule has 30 heavy (non-hydrogen) atoms. The Balaban J connectivity index is 1.88. The van der Waals surface area contributed by atoms with Gasteiger partial charge in [-0.2, -0.15) is 0 Å². The van der Waals surface area contributed by atoms with Crippen LogP contribution in [-0.2, 0) is 18.6 Å². The number of hydrogen-bond acceptors (Lipinski definition) is 6. The molecule has 2 heterocycles. The lowest BCUT2D eigenvalue weighted by molar-refractivity contribution is 0.0785. The summed E-state index contributed by atoms with van der Waals surface area (Å²) in [4.78, 5) is 11.8. The smallest absolute Gasteiger partial charge is 0.135 e. The molecule has 0 spiro atoms. The predicted octanol–water partition coefficient (Wildman–Crippen LogP) is 3.82. The van der Waals surface area contributed by atoms with Gasteiger partial charge in [-0.15, -0.1) is 0 Å². The van der Waals surface area contributed by atoms with E-state index in [1.807, 2.05) is 26.0 Å². The van der Waals surface area contributed by atoms with Crippen molar-refractivity contribution in [1.82, 2.24) is 9.97 Å². The van der Waals surface area contributed by atoms with Crippen LogP contribution in [0.25, 0.3) is 0 Å². The van der Waals surface area contributed by atoms with Gasteiger partial charge >= 0.3 is 0 Å². The minimum atomic E-state index is -0.828. The topological polar surface area (TPSA) is 81.5 Å². The first-order chi connectivity index (χ1) is 14.1. The molecular weight excluding hydrogens is 376 g/mol. The second-order valence-corrected chi connectivity index (χ2v) is 9.52. The number of aliphatic hydroxyl groups is 2. The molecule has 0 aliphatic carbocycles. The lowest BCUT2D eigenvalue weighted by atomic mass is 9.91. The average Bonchev–Trinajstić information content (AvgIpc) is 2.70. The van der Waals surface area contributed by atoms with E-state index in [-0.39, 0.29) is 18.6 Å². The molecule has 3 N–H and O–H groups in total. The standard InChI is InChI=1S/C24H36N4O2/c1-15(2)20(14-29)25-21-12-22(27-23(26-21)16(3)4)28-10-9-17-11-19(24(5,6)30)8-7-18(17)13-28/h7-8,11-12,15-16,20,29-30H,9-10,13-14H2,1-6H3,(H,25,26,27)/t20-/m0/s1. The highest BCUT2D eigenvalue weighted by molar-refractivity contribution is 5.52. The molecular formula is C24H36N4O2. The van der Waals surface area contributed by atoms with Gasteiger partial charge in [0.05, 0.1) is 18.2 Å². The van der Waals surface area contributed by atoms with Crippen LogP contribution in [0.1, 0.15) is 70.0 Å². The predicted molar refractivity (Wildman–Crippen MR) is 122 cm³/mol. The number of aliphatic hydroxyl groups excluding tert-OH is 1. The van der Waals surface area contributed by atoms with E-state index >= 15 is 0 Å². The zero-order valence-corrected chi connectivity index (χ0v) is 19.1. The number of rotatable bonds is 7. The SMILES string of the molecule is CC(C)c1nc(N[C@@H](CO)C(C)C)cc(N2CCc3cc(C(C)(C)O)ccc3C2)n1. The first kappa shape index (κ1) is 22.5. The van der Waals surface area contributed by atoms with Gasteiger partial charge in [0.15, 0.2) is 0 Å². The minimum Gasteiger partial charge on any atom is -0.394 e. The highest BCUT2D eigenvalue weighted by atomic mass is 16.3. The summed E-state index contributed by atoms with van der Waals surface area (Å²) in [6, 6.07) is 8.22. The van der Waals surface area contributed by atoms with Gasteiger partial charge in [-0.05, 0) is 42.9 Å². The Kier molecular flexibility index (Phi) is 6.68. The average molecular weight is 413 g/mol. The Hall–Kier alpha value is -2.18. The monoisotopic (exact) mass is 412 g/mol. The van der Waals surface area contributed by atoms with Crippen LogP contribution in [0.15, 0.2) is 24.3 Å². The second kappa shape index (κ2) is 8.90.